The van der Waals surface area contributed by atoms with Gasteiger partial charge in [-0.3, -0.25) is 14.9 Å². The molecule has 1 rings (SSSR count). The monoisotopic (exact) mass is 251 g/mol. The summed E-state index contributed by atoms with van der Waals surface area (Å²) in [6.07, 6.45) is 0. The standard InChI is InChI=1S/C12H17N3O3/c1-4-14(3)12(16)8-13-10-5-6-11(15(17)18)9(2)7-10/h5-7,13H,4,8H2,1-3H3. The van der Waals surface area contributed by atoms with E-state index in [2.05, 4.69) is 5.32 Å². The van der Waals surface area contributed by atoms with E-state index in [1.165, 1.54) is 6.07 Å². The number of nitrogens with zero attached hydrogens (tertiary/aromatic N) is 2. The van der Waals surface area contributed by atoms with E-state index < -0.39 is 4.92 Å². The van der Waals surface area contributed by atoms with Crippen LogP contribution in [0.3, 0.4) is 0 Å². The predicted molar refractivity (Wildman–Crippen MR) is 69.6 cm³/mol. The van der Waals surface area contributed by atoms with Crippen molar-refractivity contribution in [1.29, 1.82) is 0 Å². The summed E-state index contributed by atoms with van der Waals surface area (Å²) in [5.74, 6) is -0.0199. The van der Waals surface area contributed by atoms with Crippen LogP contribution in [0, 0.1) is 17.0 Å². The fourth-order valence-electron chi connectivity index (χ4n) is 1.46. The molecule has 18 heavy (non-hydrogen) atoms. The molecule has 0 unspecified atom stereocenters. The number of hydrogen-bond donors (Lipinski definition) is 1. The summed E-state index contributed by atoms with van der Waals surface area (Å²) in [4.78, 5) is 23.4. The van der Waals surface area contributed by atoms with Crippen LogP contribution in [0.15, 0.2) is 18.2 Å². The zero-order valence-electron chi connectivity index (χ0n) is 10.8. The lowest BCUT2D eigenvalue weighted by molar-refractivity contribution is -0.385. The molecule has 0 bridgehead atoms. The molecule has 0 saturated carbocycles. The van der Waals surface area contributed by atoms with Gasteiger partial charge in [0.2, 0.25) is 5.91 Å². The number of benzene rings is 1. The van der Waals surface area contributed by atoms with Gasteiger partial charge >= 0.3 is 0 Å². The summed E-state index contributed by atoms with van der Waals surface area (Å²) < 4.78 is 0. The van der Waals surface area contributed by atoms with Crippen LogP contribution in [0.2, 0.25) is 0 Å². The fourth-order valence-corrected chi connectivity index (χ4v) is 1.46. The van der Waals surface area contributed by atoms with E-state index in [9.17, 15) is 14.9 Å². The third-order valence-electron chi connectivity index (χ3n) is 2.74. The highest BCUT2D eigenvalue weighted by atomic mass is 16.6. The minimum absolute atomic E-state index is 0.0199. The summed E-state index contributed by atoms with van der Waals surface area (Å²) in [6.45, 7) is 4.40. The summed E-state index contributed by atoms with van der Waals surface area (Å²) in [7, 11) is 1.73. The van der Waals surface area contributed by atoms with Crippen molar-refractivity contribution in [3.05, 3.63) is 33.9 Å². The van der Waals surface area contributed by atoms with Gasteiger partial charge in [0.1, 0.15) is 0 Å². The summed E-state index contributed by atoms with van der Waals surface area (Å²) in [6, 6.07) is 4.70. The number of carbonyl (C=O) groups is 1. The number of hydrogen-bond acceptors (Lipinski definition) is 4. The Kier molecular flexibility index (Phi) is 4.65. The van der Waals surface area contributed by atoms with Crippen LogP contribution < -0.4 is 5.32 Å². The Bertz CT molecular complexity index is 460. The minimum Gasteiger partial charge on any atom is -0.376 e. The number of aryl methyl sites for hydroxylation is 1. The molecule has 1 amide bonds. The molecule has 1 N–H and O–H groups in total. The molecule has 0 aliphatic heterocycles. The van der Waals surface area contributed by atoms with Crippen LogP contribution in [0.1, 0.15) is 12.5 Å². The second kappa shape index (κ2) is 6.00. The highest BCUT2D eigenvalue weighted by Gasteiger charge is 2.11. The Morgan fingerprint density at radius 2 is 2.17 bits per heavy atom. The van der Waals surface area contributed by atoms with Crippen LogP contribution in [0.4, 0.5) is 11.4 Å². The molecule has 0 fully saturated rings. The number of amides is 1. The lowest BCUT2D eigenvalue weighted by atomic mass is 10.2. The van der Waals surface area contributed by atoms with Crippen molar-refractivity contribution < 1.29 is 9.72 Å². The van der Waals surface area contributed by atoms with Crippen molar-refractivity contribution in [2.45, 2.75) is 13.8 Å². The maximum atomic E-state index is 11.6. The van der Waals surface area contributed by atoms with Gasteiger partial charge in [-0.25, -0.2) is 0 Å². The third-order valence-corrected chi connectivity index (χ3v) is 2.74. The largest absolute Gasteiger partial charge is 0.376 e. The normalized spacial score (nSPS) is 9.94. The van der Waals surface area contributed by atoms with Crippen LogP contribution in [-0.2, 0) is 4.79 Å². The van der Waals surface area contributed by atoms with Crippen molar-refractivity contribution in [3.63, 3.8) is 0 Å². The zero-order chi connectivity index (χ0) is 13.7. The number of nitro groups is 1. The maximum absolute atomic E-state index is 11.6. The highest BCUT2D eigenvalue weighted by Crippen LogP contribution is 2.21. The van der Waals surface area contributed by atoms with E-state index in [4.69, 9.17) is 0 Å². The molecule has 0 saturated heterocycles. The smallest absolute Gasteiger partial charge is 0.272 e. The molecule has 0 aliphatic rings. The highest BCUT2D eigenvalue weighted by molar-refractivity contribution is 5.80. The molecule has 0 aromatic heterocycles. The number of nitro benzene ring substituents is 1. The van der Waals surface area contributed by atoms with E-state index in [1.54, 1.807) is 31.0 Å². The van der Waals surface area contributed by atoms with Gasteiger partial charge in [-0.1, -0.05) is 0 Å². The predicted octanol–water partition coefficient (Wildman–Crippen LogP) is 1.79. The average Bonchev–Trinajstić information content (AvgIpc) is 2.34. The Hall–Kier alpha value is -2.11. The number of nitrogens with one attached hydrogen (secondary N) is 1. The Labute approximate surface area is 106 Å². The molecule has 0 aliphatic carbocycles. The van der Waals surface area contributed by atoms with Crippen molar-refractivity contribution in [2.75, 3.05) is 25.5 Å². The average molecular weight is 251 g/mol. The van der Waals surface area contributed by atoms with Gasteiger partial charge in [0.25, 0.3) is 5.69 Å². The topological polar surface area (TPSA) is 75.5 Å². The van der Waals surface area contributed by atoms with E-state index >= 15 is 0 Å². The van der Waals surface area contributed by atoms with Gasteiger partial charge in [-0.05, 0) is 26.0 Å². The molecule has 6 heteroatoms. The third kappa shape index (κ3) is 3.44. The maximum Gasteiger partial charge on any atom is 0.272 e. The van der Waals surface area contributed by atoms with Gasteiger partial charge < -0.3 is 10.2 Å². The number of likely N-dealkylation sites (N-methyl/N-ethyl adjacent to an activating group) is 1. The van der Waals surface area contributed by atoms with Crippen molar-refractivity contribution >= 4 is 17.3 Å². The first-order valence-electron chi connectivity index (χ1n) is 5.68. The fraction of sp³-hybridized carbons (Fsp3) is 0.417. The lowest BCUT2D eigenvalue weighted by Crippen LogP contribution is -2.31. The molecule has 98 valence electrons. The number of rotatable bonds is 5. The summed E-state index contributed by atoms with van der Waals surface area (Å²) >= 11 is 0. The lowest BCUT2D eigenvalue weighted by Gasteiger charge is -2.15. The summed E-state index contributed by atoms with van der Waals surface area (Å²) in [5, 5.41) is 13.6. The van der Waals surface area contributed by atoms with Crippen LogP contribution in [0.25, 0.3) is 0 Å². The minimum atomic E-state index is -0.422. The zero-order valence-corrected chi connectivity index (χ0v) is 10.8. The van der Waals surface area contributed by atoms with Gasteiger partial charge in [-0.2, -0.15) is 0 Å². The molecule has 1 aromatic carbocycles. The quantitative estimate of drug-likeness (QED) is 0.639. The Morgan fingerprint density at radius 3 is 2.67 bits per heavy atom. The molecule has 0 spiro atoms. The molecule has 0 atom stereocenters. The first kappa shape index (κ1) is 14.0. The molecule has 0 radical (unpaired) electrons. The SMILES string of the molecule is CCN(C)C(=O)CNc1ccc([N+](=O)[O-])c(C)c1. The number of carbonyl (C=O) groups excluding carboxylic acids is 1. The molecular formula is C12H17N3O3. The van der Waals surface area contributed by atoms with Crippen LogP contribution in [0.5, 0.6) is 0 Å². The first-order chi connectivity index (χ1) is 8.45. The van der Waals surface area contributed by atoms with E-state index in [-0.39, 0.29) is 18.1 Å². The van der Waals surface area contributed by atoms with Crippen molar-refractivity contribution in [2.24, 2.45) is 0 Å². The van der Waals surface area contributed by atoms with E-state index in [0.717, 1.165) is 0 Å². The van der Waals surface area contributed by atoms with Crippen LogP contribution >= 0.6 is 0 Å². The van der Waals surface area contributed by atoms with Gasteiger partial charge in [-0.15, -0.1) is 0 Å². The molecule has 1 aromatic rings. The molecule has 6 nitrogen and oxygen atoms in total. The Morgan fingerprint density at radius 1 is 1.50 bits per heavy atom. The van der Waals surface area contributed by atoms with Crippen molar-refractivity contribution in [3.8, 4) is 0 Å². The molecular weight excluding hydrogens is 234 g/mol. The van der Waals surface area contributed by atoms with Crippen LogP contribution in [-0.4, -0.2) is 35.9 Å². The molecule has 0 heterocycles. The van der Waals surface area contributed by atoms with Gasteiger partial charge in [0.15, 0.2) is 0 Å². The Balaban J connectivity index is 2.67. The van der Waals surface area contributed by atoms with Crippen molar-refractivity contribution in [1.82, 2.24) is 4.90 Å². The van der Waals surface area contributed by atoms with E-state index in [1.807, 2.05) is 6.92 Å². The summed E-state index contributed by atoms with van der Waals surface area (Å²) in [5.41, 5.74) is 1.36. The number of anilines is 1. The first-order valence-corrected chi connectivity index (χ1v) is 5.68. The second-order valence-electron chi connectivity index (χ2n) is 4.02. The van der Waals surface area contributed by atoms with E-state index in [0.29, 0.717) is 17.8 Å². The van der Waals surface area contributed by atoms with Gasteiger partial charge in [0.05, 0.1) is 11.5 Å². The van der Waals surface area contributed by atoms with Gasteiger partial charge in [0, 0.05) is 30.9 Å². The second-order valence-corrected chi connectivity index (χ2v) is 4.02.